The number of hydrogen-bond acceptors (Lipinski definition) is 11. The van der Waals surface area contributed by atoms with Crippen molar-refractivity contribution in [1.82, 2.24) is 0 Å². The molecule has 1 saturated heterocycles. The monoisotopic (exact) mass is 554 g/mol. The Morgan fingerprint density at radius 3 is 2.35 bits per heavy atom. The normalized spacial score (nSPS) is 27.3. The zero-order valence-electron chi connectivity index (χ0n) is 22.5. The third-order valence-corrected chi connectivity index (χ3v) is 7.94. The van der Waals surface area contributed by atoms with E-state index in [-0.39, 0.29) is 40.8 Å². The molecule has 0 aromatic heterocycles. The molecule has 0 saturated carbocycles. The fraction of sp³-hybridized carbons (Fsp3) is 0.448. The minimum Gasteiger partial charge on any atom is -0.507 e. The number of methoxy groups -OCH3 is 1. The van der Waals surface area contributed by atoms with Crippen molar-refractivity contribution in [3.05, 3.63) is 51.6 Å². The Balaban J connectivity index is 1.61. The minimum absolute atomic E-state index is 0.0103. The first-order valence-corrected chi connectivity index (χ1v) is 13.0. The molecule has 3 aliphatic rings. The first-order chi connectivity index (χ1) is 18.9. The van der Waals surface area contributed by atoms with E-state index in [1.54, 1.807) is 6.92 Å². The highest BCUT2D eigenvalue weighted by molar-refractivity contribution is 6.31. The summed E-state index contributed by atoms with van der Waals surface area (Å²) >= 11 is 0. The second kappa shape index (κ2) is 9.99. The summed E-state index contributed by atoms with van der Waals surface area (Å²) in [4.78, 5) is 51.1. The van der Waals surface area contributed by atoms with Gasteiger partial charge in [0.15, 0.2) is 17.9 Å². The van der Waals surface area contributed by atoms with Crippen molar-refractivity contribution in [3.63, 3.8) is 0 Å². The molecule has 1 aliphatic heterocycles. The van der Waals surface area contributed by atoms with E-state index in [1.165, 1.54) is 39.2 Å². The number of esters is 1. The lowest BCUT2D eigenvalue weighted by Crippen LogP contribution is -2.46. The van der Waals surface area contributed by atoms with Crippen molar-refractivity contribution in [3.8, 4) is 17.2 Å². The summed E-state index contributed by atoms with van der Waals surface area (Å²) in [5.74, 6) is -3.57. The van der Waals surface area contributed by atoms with Gasteiger partial charge in [-0.25, -0.2) is 0 Å². The molecule has 0 radical (unpaired) electrons. The zero-order valence-corrected chi connectivity index (χ0v) is 22.5. The molecule has 5 atom stereocenters. The molecule has 5 rings (SSSR count). The van der Waals surface area contributed by atoms with Crippen LogP contribution in [0.1, 0.15) is 89.1 Å². The summed E-state index contributed by atoms with van der Waals surface area (Å²) < 4.78 is 22.6. The van der Waals surface area contributed by atoms with E-state index in [2.05, 4.69) is 0 Å². The van der Waals surface area contributed by atoms with Crippen LogP contribution < -0.4 is 4.74 Å². The highest BCUT2D eigenvalue weighted by atomic mass is 16.7. The summed E-state index contributed by atoms with van der Waals surface area (Å²) in [6.07, 6.45) is -3.13. The Morgan fingerprint density at radius 1 is 1.02 bits per heavy atom. The smallest absolute Gasteiger partial charge is 0.302 e. The molecule has 2 aromatic carbocycles. The molecule has 3 N–H and O–H groups in total. The molecule has 40 heavy (non-hydrogen) atoms. The van der Waals surface area contributed by atoms with Gasteiger partial charge in [0, 0.05) is 42.9 Å². The molecule has 1 heterocycles. The van der Waals surface area contributed by atoms with E-state index in [0.717, 1.165) is 0 Å². The van der Waals surface area contributed by atoms with Gasteiger partial charge in [-0.3, -0.25) is 19.2 Å². The summed E-state index contributed by atoms with van der Waals surface area (Å²) in [5.41, 5.74) is -2.96. The number of benzene rings is 2. The van der Waals surface area contributed by atoms with Gasteiger partial charge in [0.2, 0.25) is 5.78 Å². The quantitative estimate of drug-likeness (QED) is 0.313. The van der Waals surface area contributed by atoms with E-state index in [4.69, 9.17) is 18.9 Å². The molecular formula is C29H30O11. The van der Waals surface area contributed by atoms with Gasteiger partial charge in [0.1, 0.15) is 29.0 Å². The minimum atomic E-state index is -1.99. The topological polar surface area (TPSA) is 166 Å². The van der Waals surface area contributed by atoms with Crippen LogP contribution >= 0.6 is 0 Å². The molecular weight excluding hydrogens is 524 g/mol. The van der Waals surface area contributed by atoms with Gasteiger partial charge < -0.3 is 34.3 Å². The molecule has 3 unspecified atom stereocenters. The van der Waals surface area contributed by atoms with Gasteiger partial charge in [0.05, 0.1) is 36.0 Å². The van der Waals surface area contributed by atoms with Crippen LogP contribution in [0.25, 0.3) is 0 Å². The van der Waals surface area contributed by atoms with Crippen molar-refractivity contribution in [2.75, 3.05) is 7.11 Å². The predicted octanol–water partition coefficient (Wildman–Crippen LogP) is 2.66. The van der Waals surface area contributed by atoms with Gasteiger partial charge in [0.25, 0.3) is 0 Å². The summed E-state index contributed by atoms with van der Waals surface area (Å²) in [5, 5.41) is 34.1. The maximum atomic E-state index is 13.7. The fourth-order valence-electron chi connectivity index (χ4n) is 5.88. The van der Waals surface area contributed by atoms with Crippen molar-refractivity contribution >= 4 is 23.3 Å². The third kappa shape index (κ3) is 4.34. The van der Waals surface area contributed by atoms with Crippen molar-refractivity contribution in [2.45, 2.75) is 76.7 Å². The van der Waals surface area contributed by atoms with E-state index in [1.807, 2.05) is 0 Å². The number of fused-ring (bicyclic) bond motifs is 3. The molecule has 0 bridgehead atoms. The summed E-state index contributed by atoms with van der Waals surface area (Å²) in [6.45, 7) is 4.20. The molecule has 212 valence electrons. The lowest BCUT2D eigenvalue weighted by atomic mass is 9.72. The Bertz CT molecular complexity index is 1440. The predicted molar refractivity (Wildman–Crippen MR) is 137 cm³/mol. The number of carbonyl (C=O) groups excluding carboxylic acids is 4. The van der Waals surface area contributed by atoms with Crippen molar-refractivity contribution in [1.29, 1.82) is 0 Å². The molecule has 0 amide bonds. The Morgan fingerprint density at radius 2 is 1.73 bits per heavy atom. The number of Topliss-reactive ketones (excluding diaryl/α,β-unsaturated/α-hetero) is 1. The van der Waals surface area contributed by atoms with E-state index in [9.17, 15) is 34.5 Å². The number of phenolic OH excluding ortho intramolecular Hbond substituents is 2. The van der Waals surface area contributed by atoms with E-state index >= 15 is 0 Å². The fourth-order valence-corrected chi connectivity index (χ4v) is 5.88. The number of rotatable bonds is 5. The van der Waals surface area contributed by atoms with Crippen molar-refractivity contribution < 1.29 is 53.4 Å². The Labute approximate surface area is 229 Å². The van der Waals surface area contributed by atoms with Crippen LogP contribution in [-0.2, 0) is 30.2 Å². The van der Waals surface area contributed by atoms with Crippen LogP contribution in [0, 0.1) is 0 Å². The number of hydrogen-bond donors (Lipinski definition) is 3. The van der Waals surface area contributed by atoms with E-state index < -0.39 is 82.6 Å². The highest BCUT2D eigenvalue weighted by Gasteiger charge is 2.49. The van der Waals surface area contributed by atoms with Crippen LogP contribution in [-0.4, -0.2) is 69.8 Å². The number of aliphatic hydroxyl groups is 1. The first kappa shape index (κ1) is 27.8. The van der Waals surface area contributed by atoms with Gasteiger partial charge >= 0.3 is 5.97 Å². The molecule has 11 heteroatoms. The average molecular weight is 555 g/mol. The molecule has 2 aromatic rings. The molecule has 11 nitrogen and oxygen atoms in total. The zero-order chi connectivity index (χ0) is 29.1. The molecule has 0 spiro atoms. The van der Waals surface area contributed by atoms with Crippen LogP contribution in [0.15, 0.2) is 18.2 Å². The van der Waals surface area contributed by atoms with Gasteiger partial charge in [-0.15, -0.1) is 0 Å². The second-order valence-corrected chi connectivity index (χ2v) is 10.5. The average Bonchev–Trinajstić information content (AvgIpc) is 2.89. The highest BCUT2D eigenvalue weighted by Crippen LogP contribution is 2.52. The second-order valence-electron chi connectivity index (χ2n) is 10.5. The summed E-state index contributed by atoms with van der Waals surface area (Å²) in [7, 11) is 1.34. The Kier molecular flexibility index (Phi) is 6.93. The van der Waals surface area contributed by atoms with E-state index in [0.29, 0.717) is 6.42 Å². The third-order valence-electron chi connectivity index (χ3n) is 7.94. The van der Waals surface area contributed by atoms with Crippen LogP contribution in [0.4, 0.5) is 0 Å². The van der Waals surface area contributed by atoms with Gasteiger partial charge in [-0.05, 0) is 26.3 Å². The largest absolute Gasteiger partial charge is 0.507 e. The number of phenols is 2. The number of carbonyl (C=O) groups is 4. The molecule has 1 fully saturated rings. The number of ketones is 3. The van der Waals surface area contributed by atoms with Crippen LogP contribution in [0.2, 0.25) is 0 Å². The van der Waals surface area contributed by atoms with Crippen molar-refractivity contribution in [2.24, 2.45) is 0 Å². The van der Waals surface area contributed by atoms with Crippen LogP contribution in [0.3, 0.4) is 0 Å². The lowest BCUT2D eigenvalue weighted by molar-refractivity contribution is -0.247. The number of aromatic hydroxyl groups is 2. The lowest BCUT2D eigenvalue weighted by Gasteiger charge is -2.41. The Hall–Kier alpha value is -3.80. The van der Waals surface area contributed by atoms with Gasteiger partial charge in [-0.2, -0.15) is 0 Å². The SMILES string of the molecule is COc1cccc2c1C(=O)c1c(O)c3c(c(O)c1C2=O)C[C@@](O)(C(C)=O)C[C@@H]3OC1CCC(OC(C)=O)C(C)O1. The van der Waals surface area contributed by atoms with Gasteiger partial charge in [-0.1, -0.05) is 12.1 Å². The maximum Gasteiger partial charge on any atom is 0.302 e. The number of ether oxygens (including phenoxy) is 4. The first-order valence-electron chi connectivity index (χ1n) is 13.0. The standard InChI is InChI=1S/C29H30O11/c1-12-17(39-14(3)31)8-9-20(38-12)40-19-11-29(36,13(2)30)10-16-22(19)28(35)24-23(26(16)33)25(32)15-6-5-7-18(37-4)21(15)27(24)34/h5-7,12,17,19-20,33,35-36H,8-11H2,1-4H3/t12?,17?,19-,20?,29-/m0/s1. The maximum absolute atomic E-state index is 13.7. The molecule has 2 aliphatic carbocycles. The van der Waals surface area contributed by atoms with Crippen LogP contribution in [0.5, 0.6) is 17.2 Å². The summed E-state index contributed by atoms with van der Waals surface area (Å²) in [6, 6.07) is 4.45.